The fourth-order valence-corrected chi connectivity index (χ4v) is 6.50. The molecule has 0 saturated heterocycles. The Labute approximate surface area is 386 Å². The van der Waals surface area contributed by atoms with Gasteiger partial charge in [0.15, 0.2) is 12.0 Å². The van der Waals surface area contributed by atoms with E-state index in [-0.39, 0.29) is 42.2 Å². The largest absolute Gasteiger partial charge is 0.508 e. The van der Waals surface area contributed by atoms with Crippen LogP contribution in [0.3, 0.4) is 0 Å². The summed E-state index contributed by atoms with van der Waals surface area (Å²) < 4.78 is 15.2. The predicted octanol–water partition coefficient (Wildman–Crippen LogP) is -1.32. The maximum absolute atomic E-state index is 14.5. The molecule has 67 heavy (non-hydrogen) atoms. The van der Waals surface area contributed by atoms with Crippen LogP contribution in [-0.4, -0.2) is 148 Å². The monoisotopic (exact) mass is 945 g/mol. The molecule has 0 spiro atoms. The van der Waals surface area contributed by atoms with Crippen molar-refractivity contribution in [3.63, 3.8) is 0 Å². The lowest BCUT2D eigenvalue weighted by Gasteiger charge is -2.30. The number of nitrogens with two attached hydrogens (primary N) is 2. The standard InChI is InChI=1S/C43H63N9O15/c1-42(2,3)66-40(63)47-19-24(54)18-28-36(60)52-32(37(61)48-26(9-8-14-46-39(44)45)34(58)50-29(20-53)38(62)65-7)33(57)25-16-22(11-13-31(25)56)21-10-12-30(55)23(15-21)17-27(35(59)49-28)51-41(64)67-43(4,5)6/h10-13,15-16,24,26-29,32-33,53-57H,8-9,14,17-20H2,1-7H3,(H,47,63)(H,48,61)(H,49,59)(H,50,58)(H,51,64)(H,52,60)(H4,44,45,46)/t24-,26+,27+,28+,29+,32+,33-/m1/s1. The molecule has 2 aromatic carbocycles. The molecular weight excluding hydrogens is 883 g/mol. The van der Waals surface area contributed by atoms with Crippen LogP contribution in [0.1, 0.15) is 78.0 Å². The minimum Gasteiger partial charge on any atom is -0.508 e. The van der Waals surface area contributed by atoms with E-state index in [0.717, 1.165) is 7.11 Å². The van der Waals surface area contributed by atoms with Crippen molar-refractivity contribution in [1.29, 1.82) is 0 Å². The normalized spacial score (nSPS) is 19.0. The molecule has 3 rings (SSSR count). The van der Waals surface area contributed by atoms with Gasteiger partial charge in [0.1, 0.15) is 53.0 Å². The summed E-state index contributed by atoms with van der Waals surface area (Å²) in [5.41, 5.74) is 9.35. The third kappa shape index (κ3) is 17.4. The van der Waals surface area contributed by atoms with E-state index < -0.39 is 127 Å². The maximum atomic E-state index is 14.5. The van der Waals surface area contributed by atoms with Crippen molar-refractivity contribution in [2.45, 2.75) is 121 Å². The molecule has 0 fully saturated rings. The molecule has 1 aliphatic heterocycles. The van der Waals surface area contributed by atoms with Gasteiger partial charge in [0.2, 0.25) is 23.6 Å². The Bertz CT molecular complexity index is 2140. The molecule has 0 aromatic heterocycles. The summed E-state index contributed by atoms with van der Waals surface area (Å²) >= 11 is 0. The number of aliphatic hydroxyl groups is 3. The van der Waals surface area contributed by atoms with Gasteiger partial charge in [-0.25, -0.2) is 14.4 Å². The Morgan fingerprint density at radius 1 is 0.866 bits per heavy atom. The number of carbonyl (C=O) groups is 7. The van der Waals surface area contributed by atoms with E-state index in [9.17, 15) is 59.1 Å². The molecule has 1 aliphatic rings. The van der Waals surface area contributed by atoms with E-state index in [1.54, 1.807) is 41.5 Å². The fraction of sp³-hybridized carbons (Fsp3) is 0.535. The number of aliphatic hydroxyl groups excluding tert-OH is 3. The summed E-state index contributed by atoms with van der Waals surface area (Å²) in [6, 6.07) is -0.569. The molecule has 7 atom stereocenters. The molecule has 6 amide bonds. The predicted molar refractivity (Wildman–Crippen MR) is 239 cm³/mol. The van der Waals surface area contributed by atoms with Crippen molar-refractivity contribution < 1.29 is 73.3 Å². The van der Waals surface area contributed by atoms with Crippen LogP contribution in [0.5, 0.6) is 11.5 Å². The zero-order chi connectivity index (χ0) is 50.4. The maximum Gasteiger partial charge on any atom is 0.408 e. The number of phenolic OH excluding ortho intramolecular Hbond substituents is 2. The van der Waals surface area contributed by atoms with Crippen molar-refractivity contribution in [3.8, 4) is 22.6 Å². The topological polar surface area (TPSA) is 385 Å². The van der Waals surface area contributed by atoms with Gasteiger partial charge in [-0.1, -0.05) is 12.1 Å². The second-order valence-corrected chi connectivity index (χ2v) is 17.6. The van der Waals surface area contributed by atoms with Crippen LogP contribution in [0, 0.1) is 0 Å². The highest BCUT2D eigenvalue weighted by Crippen LogP contribution is 2.34. The Hall–Kier alpha value is -6.92. The van der Waals surface area contributed by atoms with Crippen molar-refractivity contribution in [2.24, 2.45) is 16.5 Å². The Kier molecular flexibility index (Phi) is 19.5. The van der Waals surface area contributed by atoms with Gasteiger partial charge in [0, 0.05) is 31.5 Å². The average molecular weight is 946 g/mol. The zero-order valence-electron chi connectivity index (χ0n) is 38.4. The summed E-state index contributed by atoms with van der Waals surface area (Å²) in [6.07, 6.45) is -7.03. The number of methoxy groups -OCH3 is 1. The molecule has 0 aliphatic carbocycles. The fourth-order valence-electron chi connectivity index (χ4n) is 6.50. The van der Waals surface area contributed by atoms with Gasteiger partial charge >= 0.3 is 18.2 Å². The van der Waals surface area contributed by atoms with E-state index in [1.807, 2.05) is 0 Å². The molecule has 15 N–H and O–H groups in total. The molecule has 0 radical (unpaired) electrons. The van der Waals surface area contributed by atoms with Crippen molar-refractivity contribution in [2.75, 3.05) is 26.8 Å². The number of benzene rings is 2. The molecule has 2 aromatic rings. The van der Waals surface area contributed by atoms with Crippen LogP contribution >= 0.6 is 0 Å². The number of guanidine groups is 1. The molecule has 24 nitrogen and oxygen atoms in total. The third-order valence-electron chi connectivity index (χ3n) is 9.67. The Morgan fingerprint density at radius 3 is 2.07 bits per heavy atom. The highest BCUT2D eigenvalue weighted by Gasteiger charge is 2.38. The molecule has 0 unspecified atom stereocenters. The van der Waals surface area contributed by atoms with Gasteiger partial charge in [-0.05, 0) is 95.3 Å². The van der Waals surface area contributed by atoms with Gasteiger partial charge in [0.05, 0.1) is 19.8 Å². The van der Waals surface area contributed by atoms with Crippen LogP contribution in [0.4, 0.5) is 9.59 Å². The third-order valence-corrected chi connectivity index (χ3v) is 9.67. The number of nitrogens with one attached hydrogen (secondary N) is 6. The first-order valence-electron chi connectivity index (χ1n) is 21.1. The lowest BCUT2D eigenvalue weighted by atomic mass is 9.93. The van der Waals surface area contributed by atoms with E-state index in [2.05, 4.69) is 41.6 Å². The van der Waals surface area contributed by atoms with E-state index in [0.29, 0.717) is 11.1 Å². The highest BCUT2D eigenvalue weighted by molar-refractivity contribution is 5.96. The molecule has 1 heterocycles. The number of phenols is 2. The number of aromatic hydroxyl groups is 2. The number of alkyl carbamates (subject to hydrolysis) is 2. The number of ether oxygens (including phenoxy) is 3. The number of nitrogens with zero attached hydrogens (tertiary/aromatic N) is 1. The summed E-state index contributed by atoms with van der Waals surface area (Å²) in [5.74, 6) is -6.75. The zero-order valence-corrected chi connectivity index (χ0v) is 38.4. The number of esters is 1. The summed E-state index contributed by atoms with van der Waals surface area (Å²) in [4.78, 5) is 98.5. The quantitative estimate of drug-likeness (QED) is 0.0324. The molecular formula is C43H63N9O15. The van der Waals surface area contributed by atoms with Crippen molar-refractivity contribution in [1.82, 2.24) is 31.9 Å². The van der Waals surface area contributed by atoms with Crippen LogP contribution in [0.25, 0.3) is 11.1 Å². The average Bonchev–Trinajstić information content (AvgIpc) is 3.23. The molecule has 370 valence electrons. The van der Waals surface area contributed by atoms with E-state index >= 15 is 0 Å². The number of carbonyl (C=O) groups excluding carboxylic acids is 7. The smallest absolute Gasteiger partial charge is 0.408 e. The Balaban J connectivity index is 2.22. The van der Waals surface area contributed by atoms with Crippen LogP contribution in [0.2, 0.25) is 0 Å². The Morgan fingerprint density at radius 2 is 1.48 bits per heavy atom. The van der Waals surface area contributed by atoms with Crippen molar-refractivity contribution in [3.05, 3.63) is 47.5 Å². The van der Waals surface area contributed by atoms with E-state index in [1.165, 1.54) is 36.4 Å². The van der Waals surface area contributed by atoms with Gasteiger partial charge in [-0.15, -0.1) is 0 Å². The number of fused-ring (bicyclic) bond motifs is 5. The second-order valence-electron chi connectivity index (χ2n) is 17.6. The van der Waals surface area contributed by atoms with Crippen molar-refractivity contribution >= 4 is 47.7 Å². The minimum absolute atomic E-state index is 0.0388. The first-order valence-corrected chi connectivity index (χ1v) is 21.1. The highest BCUT2D eigenvalue weighted by atomic mass is 16.6. The molecule has 24 heteroatoms. The van der Waals surface area contributed by atoms with Gasteiger partial charge in [-0.3, -0.25) is 24.2 Å². The first-order chi connectivity index (χ1) is 31.2. The van der Waals surface area contributed by atoms with Crippen LogP contribution in [0.15, 0.2) is 41.4 Å². The van der Waals surface area contributed by atoms with Gasteiger partial charge in [0.25, 0.3) is 0 Å². The summed E-state index contributed by atoms with van der Waals surface area (Å²) in [6.45, 7) is 8.07. The number of amides is 6. The number of hydrogen-bond acceptors (Lipinski definition) is 16. The number of hydrogen-bond donors (Lipinski definition) is 13. The number of rotatable bonds is 15. The lowest BCUT2D eigenvalue weighted by Crippen LogP contribution is -2.61. The van der Waals surface area contributed by atoms with E-state index in [4.69, 9.17) is 20.9 Å². The number of aliphatic imine (C=N–C) groups is 1. The van der Waals surface area contributed by atoms with Crippen LogP contribution in [-0.2, 0) is 44.6 Å². The van der Waals surface area contributed by atoms with Gasteiger partial charge < -0.3 is 83.1 Å². The summed E-state index contributed by atoms with van der Waals surface area (Å²) in [7, 11) is 1.01. The lowest BCUT2D eigenvalue weighted by molar-refractivity contribution is -0.146. The minimum atomic E-state index is -2.15. The SMILES string of the molecule is COC(=O)[C@H](CO)NC(=O)[C@H](CCCN=C(N)N)NC(=O)[C@H]1NC(=O)[C@H](C[C@@H](O)CNC(=O)OC(C)(C)C)NC(=O)[C@@H](NC(=O)OC(C)(C)C)Cc2cc(ccc2O)-c2ccc(O)c(c2)[C@H]1O. The summed E-state index contributed by atoms with van der Waals surface area (Å²) in [5, 5.41) is 69.3. The second kappa shape index (κ2) is 24.0. The molecule has 4 bridgehead atoms. The first kappa shape index (κ1) is 54.4. The molecule has 0 saturated carbocycles. The van der Waals surface area contributed by atoms with Crippen LogP contribution < -0.4 is 43.4 Å². The van der Waals surface area contributed by atoms with Gasteiger partial charge in [-0.2, -0.15) is 0 Å².